The molecule has 0 spiro atoms. The molecule has 1 N–H and O–H groups in total. The third kappa shape index (κ3) is 2.27. The van der Waals surface area contributed by atoms with E-state index in [9.17, 15) is 4.79 Å². The third-order valence-corrected chi connectivity index (χ3v) is 3.79. The van der Waals surface area contributed by atoms with Crippen molar-refractivity contribution in [1.82, 2.24) is 5.32 Å². The average Bonchev–Trinajstić information content (AvgIpc) is 2.76. The van der Waals surface area contributed by atoms with Crippen LogP contribution in [0.1, 0.15) is 12.0 Å². The molecule has 1 heterocycles. The lowest BCUT2D eigenvalue weighted by Crippen LogP contribution is -2.13. The maximum absolute atomic E-state index is 12.1. The van der Waals surface area contributed by atoms with Gasteiger partial charge >= 0.3 is 0 Å². The predicted molar refractivity (Wildman–Crippen MR) is 82.2 cm³/mol. The first-order valence-electron chi connectivity index (χ1n) is 6.82. The summed E-state index contributed by atoms with van der Waals surface area (Å²) in [6.45, 7) is 0. The van der Waals surface area contributed by atoms with Crippen LogP contribution in [0.3, 0.4) is 0 Å². The van der Waals surface area contributed by atoms with Crippen LogP contribution in [0.2, 0.25) is 0 Å². The molecule has 0 bridgehead atoms. The highest BCUT2D eigenvalue weighted by atomic mass is 16.2. The smallest absolute Gasteiger partial charge is 0.252 e. The van der Waals surface area contributed by atoms with Crippen LogP contribution in [-0.2, 0) is 4.79 Å². The van der Waals surface area contributed by atoms with Gasteiger partial charge in [-0.25, -0.2) is 0 Å². The number of carbonyl (C=O) groups excluding carboxylic acids is 1. The molecule has 1 aromatic rings. The van der Waals surface area contributed by atoms with E-state index < -0.39 is 0 Å². The Labute approximate surface area is 119 Å². The summed E-state index contributed by atoms with van der Waals surface area (Å²) in [5, 5.41) is 2.95. The minimum atomic E-state index is 0.0293. The SMILES string of the molecule is CN(C)c1ccc(/C=C2\C(=O)NC3=CC=CCC32)cc1. The zero-order valence-corrected chi connectivity index (χ0v) is 11.8. The van der Waals surface area contributed by atoms with Gasteiger partial charge in [-0.1, -0.05) is 24.3 Å². The van der Waals surface area contributed by atoms with Crippen molar-refractivity contribution >= 4 is 17.7 Å². The number of hydrogen-bond donors (Lipinski definition) is 1. The van der Waals surface area contributed by atoms with E-state index in [1.165, 1.54) is 0 Å². The van der Waals surface area contributed by atoms with Gasteiger partial charge in [-0.05, 0) is 36.3 Å². The van der Waals surface area contributed by atoms with Crippen molar-refractivity contribution in [1.29, 1.82) is 0 Å². The monoisotopic (exact) mass is 266 g/mol. The van der Waals surface area contributed by atoms with E-state index in [-0.39, 0.29) is 11.8 Å². The number of fused-ring (bicyclic) bond motifs is 1. The van der Waals surface area contributed by atoms with Gasteiger partial charge < -0.3 is 10.2 Å². The summed E-state index contributed by atoms with van der Waals surface area (Å²) in [7, 11) is 4.03. The molecule has 3 nitrogen and oxygen atoms in total. The Balaban J connectivity index is 1.90. The van der Waals surface area contributed by atoms with Crippen molar-refractivity contribution in [3.8, 4) is 0 Å². The fourth-order valence-corrected chi connectivity index (χ4v) is 2.63. The molecule has 2 aliphatic rings. The zero-order chi connectivity index (χ0) is 14.1. The quantitative estimate of drug-likeness (QED) is 0.835. The number of anilines is 1. The van der Waals surface area contributed by atoms with Crippen LogP contribution in [0.15, 0.2) is 53.8 Å². The van der Waals surface area contributed by atoms with Gasteiger partial charge in [0, 0.05) is 37.0 Å². The lowest BCUT2D eigenvalue weighted by Gasteiger charge is -2.13. The van der Waals surface area contributed by atoms with Gasteiger partial charge in [0.25, 0.3) is 5.91 Å². The summed E-state index contributed by atoms with van der Waals surface area (Å²) in [4.78, 5) is 14.1. The second-order valence-electron chi connectivity index (χ2n) is 5.38. The minimum Gasteiger partial charge on any atom is -0.378 e. The van der Waals surface area contributed by atoms with Crippen LogP contribution in [0.4, 0.5) is 5.69 Å². The van der Waals surface area contributed by atoms with E-state index >= 15 is 0 Å². The fraction of sp³-hybridized carbons (Fsp3) is 0.235. The molecular weight excluding hydrogens is 248 g/mol. The molecule has 20 heavy (non-hydrogen) atoms. The molecule has 1 saturated heterocycles. The molecule has 0 saturated carbocycles. The molecule has 1 atom stereocenters. The normalized spacial score (nSPS) is 22.5. The third-order valence-electron chi connectivity index (χ3n) is 3.79. The molecular formula is C17H18N2O. The molecule has 1 unspecified atom stereocenters. The maximum Gasteiger partial charge on any atom is 0.252 e. The van der Waals surface area contributed by atoms with Crippen molar-refractivity contribution in [3.05, 3.63) is 59.3 Å². The summed E-state index contributed by atoms with van der Waals surface area (Å²) in [6.07, 6.45) is 8.99. The molecule has 1 fully saturated rings. The van der Waals surface area contributed by atoms with Gasteiger partial charge in [0.1, 0.15) is 0 Å². The Morgan fingerprint density at radius 3 is 2.70 bits per heavy atom. The minimum absolute atomic E-state index is 0.0293. The Morgan fingerprint density at radius 1 is 1.25 bits per heavy atom. The maximum atomic E-state index is 12.1. The summed E-state index contributed by atoms with van der Waals surface area (Å²) < 4.78 is 0. The van der Waals surface area contributed by atoms with Crippen LogP contribution >= 0.6 is 0 Å². The number of nitrogens with zero attached hydrogens (tertiary/aromatic N) is 1. The van der Waals surface area contributed by atoms with Crippen molar-refractivity contribution in [2.24, 2.45) is 5.92 Å². The van der Waals surface area contributed by atoms with Crippen molar-refractivity contribution in [2.45, 2.75) is 6.42 Å². The van der Waals surface area contributed by atoms with Gasteiger partial charge in [-0.15, -0.1) is 0 Å². The number of rotatable bonds is 2. The van der Waals surface area contributed by atoms with Gasteiger partial charge in [-0.3, -0.25) is 4.79 Å². The summed E-state index contributed by atoms with van der Waals surface area (Å²) >= 11 is 0. The Kier molecular flexibility index (Phi) is 3.18. The van der Waals surface area contributed by atoms with Gasteiger partial charge in [-0.2, -0.15) is 0 Å². The second-order valence-corrected chi connectivity index (χ2v) is 5.38. The molecule has 0 radical (unpaired) electrons. The molecule has 3 rings (SSSR count). The lowest BCUT2D eigenvalue weighted by molar-refractivity contribution is -0.115. The second kappa shape index (κ2) is 5.00. The van der Waals surface area contributed by atoms with Crippen molar-refractivity contribution < 1.29 is 4.79 Å². The number of hydrogen-bond acceptors (Lipinski definition) is 2. The van der Waals surface area contributed by atoms with Crippen molar-refractivity contribution in [2.75, 3.05) is 19.0 Å². The predicted octanol–water partition coefficient (Wildman–Crippen LogP) is 2.73. The largest absolute Gasteiger partial charge is 0.378 e. The number of benzene rings is 1. The van der Waals surface area contributed by atoms with Crippen LogP contribution in [-0.4, -0.2) is 20.0 Å². The molecule has 102 valence electrons. The van der Waals surface area contributed by atoms with E-state index in [4.69, 9.17) is 0 Å². The van der Waals surface area contributed by atoms with E-state index in [0.29, 0.717) is 0 Å². The highest BCUT2D eigenvalue weighted by Gasteiger charge is 2.32. The number of carbonyl (C=O) groups is 1. The first kappa shape index (κ1) is 12.7. The fourth-order valence-electron chi connectivity index (χ4n) is 2.63. The Morgan fingerprint density at radius 2 is 2.00 bits per heavy atom. The number of allylic oxidation sites excluding steroid dienone is 4. The summed E-state index contributed by atoms with van der Waals surface area (Å²) in [6, 6.07) is 8.24. The Bertz CT molecular complexity index is 621. The van der Waals surface area contributed by atoms with Gasteiger partial charge in [0.05, 0.1) is 0 Å². The van der Waals surface area contributed by atoms with E-state index in [0.717, 1.165) is 28.9 Å². The molecule has 0 aromatic heterocycles. The highest BCUT2D eigenvalue weighted by molar-refractivity contribution is 6.03. The first-order chi connectivity index (χ1) is 9.65. The molecule has 1 aromatic carbocycles. The van der Waals surface area contributed by atoms with E-state index in [1.54, 1.807) is 0 Å². The van der Waals surface area contributed by atoms with Crippen LogP contribution in [0.25, 0.3) is 6.08 Å². The standard InChI is InChI=1S/C17H18N2O/c1-19(2)13-9-7-12(8-10-13)11-15-14-5-3-4-6-16(14)18-17(15)20/h3-4,6-11,14H,5H2,1-2H3,(H,18,20)/b15-11-. The Hall–Kier alpha value is -2.29. The van der Waals surface area contributed by atoms with E-state index in [1.807, 2.05) is 32.3 Å². The van der Waals surface area contributed by atoms with Crippen molar-refractivity contribution in [3.63, 3.8) is 0 Å². The van der Waals surface area contributed by atoms with Crippen LogP contribution in [0, 0.1) is 5.92 Å². The lowest BCUT2D eigenvalue weighted by atomic mass is 9.91. The summed E-state index contributed by atoms with van der Waals surface area (Å²) in [5.41, 5.74) is 4.10. The topological polar surface area (TPSA) is 32.3 Å². The van der Waals surface area contributed by atoms with Gasteiger partial charge in [0.2, 0.25) is 0 Å². The number of amides is 1. The zero-order valence-electron chi connectivity index (χ0n) is 11.8. The molecule has 1 amide bonds. The van der Waals surface area contributed by atoms with E-state index in [2.05, 4.69) is 40.6 Å². The van der Waals surface area contributed by atoms with Gasteiger partial charge in [0.15, 0.2) is 0 Å². The molecule has 1 aliphatic heterocycles. The first-order valence-corrected chi connectivity index (χ1v) is 6.82. The number of nitrogens with one attached hydrogen (secondary N) is 1. The summed E-state index contributed by atoms with van der Waals surface area (Å²) in [5.74, 6) is 0.225. The molecule has 3 heteroatoms. The average molecular weight is 266 g/mol. The highest BCUT2D eigenvalue weighted by Crippen LogP contribution is 2.33. The molecule has 1 aliphatic carbocycles. The van der Waals surface area contributed by atoms with Crippen LogP contribution in [0.5, 0.6) is 0 Å². The van der Waals surface area contributed by atoms with Crippen LogP contribution < -0.4 is 10.2 Å².